The number of aromatic nitrogens is 2. The molecule has 0 unspecified atom stereocenters. The standard InChI is InChI=1S/C18H18N4OS/c1-11-7-13-15(9-16(11)23-3)20-10-21-18(13)22-12-5-6-14(19-2)17(8-12)24-4/h5-10H,2H2,1,3-4H3,(H,20,21,22). The third-order valence-corrected chi connectivity index (χ3v) is 4.53. The summed E-state index contributed by atoms with van der Waals surface area (Å²) in [7, 11) is 1.66. The van der Waals surface area contributed by atoms with E-state index in [-0.39, 0.29) is 0 Å². The van der Waals surface area contributed by atoms with Crippen molar-refractivity contribution in [1.82, 2.24) is 9.97 Å². The second-order valence-electron chi connectivity index (χ2n) is 5.23. The lowest BCUT2D eigenvalue weighted by atomic mass is 10.1. The second-order valence-corrected chi connectivity index (χ2v) is 6.08. The van der Waals surface area contributed by atoms with Crippen LogP contribution >= 0.6 is 11.8 Å². The van der Waals surface area contributed by atoms with Crippen LogP contribution in [0.15, 0.2) is 46.5 Å². The minimum absolute atomic E-state index is 0.761. The van der Waals surface area contributed by atoms with Crippen LogP contribution in [0, 0.1) is 6.92 Å². The van der Waals surface area contributed by atoms with Crippen LogP contribution < -0.4 is 10.1 Å². The molecule has 2 aromatic carbocycles. The van der Waals surface area contributed by atoms with Crippen molar-refractivity contribution in [2.75, 3.05) is 18.7 Å². The Kier molecular flexibility index (Phi) is 4.66. The van der Waals surface area contributed by atoms with Gasteiger partial charge >= 0.3 is 0 Å². The number of ether oxygens (including phenoxy) is 1. The van der Waals surface area contributed by atoms with Crippen molar-refractivity contribution in [3.05, 3.63) is 42.2 Å². The molecule has 0 aliphatic carbocycles. The summed E-state index contributed by atoms with van der Waals surface area (Å²) in [6.07, 6.45) is 3.57. The van der Waals surface area contributed by atoms with E-state index in [1.54, 1.807) is 25.2 Å². The first-order valence-electron chi connectivity index (χ1n) is 7.37. The molecule has 24 heavy (non-hydrogen) atoms. The van der Waals surface area contributed by atoms with Crippen molar-refractivity contribution in [3.8, 4) is 5.75 Å². The molecule has 3 aromatic rings. The number of thioether (sulfide) groups is 1. The number of hydrogen-bond donors (Lipinski definition) is 1. The molecule has 0 bridgehead atoms. The monoisotopic (exact) mass is 338 g/mol. The lowest BCUT2D eigenvalue weighted by Crippen LogP contribution is -1.97. The molecule has 0 saturated carbocycles. The van der Waals surface area contributed by atoms with Crippen LogP contribution in [0.2, 0.25) is 0 Å². The molecule has 1 aromatic heterocycles. The summed E-state index contributed by atoms with van der Waals surface area (Å²) in [6.45, 7) is 5.61. The summed E-state index contributed by atoms with van der Waals surface area (Å²) in [5, 5.41) is 4.32. The van der Waals surface area contributed by atoms with Crippen LogP contribution in [-0.4, -0.2) is 30.1 Å². The van der Waals surface area contributed by atoms with Crippen LogP contribution in [0.5, 0.6) is 5.75 Å². The SMILES string of the molecule is C=Nc1ccc(Nc2ncnc3cc(OC)c(C)cc23)cc1SC. The van der Waals surface area contributed by atoms with E-state index in [2.05, 4.69) is 27.0 Å². The van der Waals surface area contributed by atoms with Gasteiger partial charge in [-0.05, 0) is 49.7 Å². The van der Waals surface area contributed by atoms with E-state index in [1.807, 2.05) is 43.5 Å². The minimum atomic E-state index is 0.761. The van der Waals surface area contributed by atoms with Gasteiger partial charge in [-0.15, -0.1) is 11.8 Å². The van der Waals surface area contributed by atoms with E-state index in [0.29, 0.717) is 0 Å². The van der Waals surface area contributed by atoms with Crippen LogP contribution in [0.3, 0.4) is 0 Å². The summed E-state index contributed by atoms with van der Waals surface area (Å²) in [5.74, 6) is 1.58. The molecular weight excluding hydrogens is 320 g/mol. The molecule has 1 heterocycles. The number of anilines is 2. The molecule has 1 N–H and O–H groups in total. The number of rotatable bonds is 5. The van der Waals surface area contributed by atoms with E-state index in [1.165, 1.54) is 0 Å². The number of aliphatic imine (C=N–C) groups is 1. The molecule has 0 aliphatic rings. The Hall–Kier alpha value is -2.60. The van der Waals surface area contributed by atoms with Gasteiger partial charge in [0, 0.05) is 22.0 Å². The van der Waals surface area contributed by atoms with Gasteiger partial charge in [0.1, 0.15) is 17.9 Å². The zero-order valence-corrected chi connectivity index (χ0v) is 14.6. The van der Waals surface area contributed by atoms with E-state index < -0.39 is 0 Å². The number of methoxy groups -OCH3 is 1. The summed E-state index contributed by atoms with van der Waals surface area (Å²) >= 11 is 1.63. The molecule has 0 spiro atoms. The Labute approximate surface area is 145 Å². The van der Waals surface area contributed by atoms with Crippen molar-refractivity contribution in [3.63, 3.8) is 0 Å². The Morgan fingerprint density at radius 2 is 2.04 bits per heavy atom. The van der Waals surface area contributed by atoms with Crippen LogP contribution in [0.4, 0.5) is 17.2 Å². The van der Waals surface area contributed by atoms with E-state index in [4.69, 9.17) is 4.74 Å². The van der Waals surface area contributed by atoms with Crippen molar-refractivity contribution < 1.29 is 4.74 Å². The molecule has 0 fully saturated rings. The Bertz CT molecular complexity index is 911. The molecule has 0 radical (unpaired) electrons. The van der Waals surface area contributed by atoms with Gasteiger partial charge in [-0.3, -0.25) is 4.99 Å². The molecular formula is C18H18N4OS. The highest BCUT2D eigenvalue weighted by atomic mass is 32.2. The van der Waals surface area contributed by atoms with Gasteiger partial charge in [-0.1, -0.05) is 0 Å². The molecule has 0 aliphatic heterocycles. The Morgan fingerprint density at radius 1 is 1.21 bits per heavy atom. The first-order valence-corrected chi connectivity index (χ1v) is 8.60. The largest absolute Gasteiger partial charge is 0.496 e. The topological polar surface area (TPSA) is 59.4 Å². The fourth-order valence-electron chi connectivity index (χ4n) is 2.53. The maximum Gasteiger partial charge on any atom is 0.141 e. The van der Waals surface area contributed by atoms with Crippen molar-refractivity contribution >= 4 is 46.6 Å². The molecule has 6 heteroatoms. The average Bonchev–Trinajstić information content (AvgIpc) is 2.61. The van der Waals surface area contributed by atoms with Crippen molar-refractivity contribution in [2.24, 2.45) is 4.99 Å². The number of benzene rings is 2. The average molecular weight is 338 g/mol. The molecule has 0 atom stereocenters. The molecule has 122 valence electrons. The fourth-order valence-corrected chi connectivity index (χ4v) is 3.12. The van der Waals surface area contributed by atoms with E-state index >= 15 is 0 Å². The summed E-state index contributed by atoms with van der Waals surface area (Å²) in [6, 6.07) is 9.91. The zero-order chi connectivity index (χ0) is 17.1. The van der Waals surface area contributed by atoms with Crippen molar-refractivity contribution in [2.45, 2.75) is 11.8 Å². The smallest absolute Gasteiger partial charge is 0.141 e. The van der Waals surface area contributed by atoms with Gasteiger partial charge < -0.3 is 10.1 Å². The van der Waals surface area contributed by atoms with E-state index in [0.717, 1.165) is 44.3 Å². The predicted molar refractivity (Wildman–Crippen MR) is 102 cm³/mol. The van der Waals surface area contributed by atoms with Gasteiger partial charge in [0.05, 0.1) is 18.3 Å². The highest BCUT2D eigenvalue weighted by Gasteiger charge is 2.09. The van der Waals surface area contributed by atoms with Crippen LogP contribution in [0.25, 0.3) is 10.9 Å². The predicted octanol–water partition coefficient (Wildman–Crippen LogP) is 4.74. The van der Waals surface area contributed by atoms with E-state index in [9.17, 15) is 0 Å². The number of nitrogens with one attached hydrogen (secondary N) is 1. The van der Waals surface area contributed by atoms with Gasteiger partial charge in [-0.25, -0.2) is 9.97 Å². The van der Waals surface area contributed by atoms with Gasteiger partial charge in [-0.2, -0.15) is 0 Å². The van der Waals surface area contributed by atoms with Gasteiger partial charge in [0.15, 0.2) is 0 Å². The van der Waals surface area contributed by atoms with Crippen LogP contribution in [-0.2, 0) is 0 Å². The highest BCUT2D eigenvalue weighted by molar-refractivity contribution is 7.98. The molecule has 0 amide bonds. The first kappa shape index (κ1) is 16.3. The number of aryl methyl sites for hydroxylation is 1. The van der Waals surface area contributed by atoms with Crippen molar-refractivity contribution in [1.29, 1.82) is 0 Å². The maximum absolute atomic E-state index is 5.37. The zero-order valence-electron chi connectivity index (χ0n) is 13.8. The van der Waals surface area contributed by atoms with Crippen LogP contribution in [0.1, 0.15) is 5.56 Å². The summed E-state index contributed by atoms with van der Waals surface area (Å²) in [4.78, 5) is 13.8. The molecule has 3 rings (SSSR count). The summed E-state index contributed by atoms with van der Waals surface area (Å²) < 4.78 is 5.37. The van der Waals surface area contributed by atoms with Gasteiger partial charge in [0.25, 0.3) is 0 Å². The lowest BCUT2D eigenvalue weighted by molar-refractivity contribution is 0.412. The number of hydrogen-bond acceptors (Lipinski definition) is 6. The molecule has 0 saturated heterocycles. The normalized spacial score (nSPS) is 10.6. The Balaban J connectivity index is 2.04. The van der Waals surface area contributed by atoms with Gasteiger partial charge in [0.2, 0.25) is 0 Å². The second kappa shape index (κ2) is 6.88. The Morgan fingerprint density at radius 3 is 2.75 bits per heavy atom. The third-order valence-electron chi connectivity index (χ3n) is 3.76. The minimum Gasteiger partial charge on any atom is -0.496 e. The lowest BCUT2D eigenvalue weighted by Gasteiger charge is -2.12. The fraction of sp³-hybridized carbons (Fsp3) is 0.167. The number of fused-ring (bicyclic) bond motifs is 1. The maximum atomic E-state index is 5.37. The molecule has 5 nitrogen and oxygen atoms in total. The third kappa shape index (κ3) is 3.05. The number of nitrogens with zero attached hydrogens (tertiary/aromatic N) is 3. The first-order chi connectivity index (χ1) is 11.7. The quantitative estimate of drug-likeness (QED) is 0.537. The summed E-state index contributed by atoms with van der Waals surface area (Å²) in [5.41, 5.74) is 3.70. The highest BCUT2D eigenvalue weighted by Crippen LogP contribution is 2.33.